The lowest BCUT2D eigenvalue weighted by Crippen LogP contribution is -2.24. The fourth-order valence-electron chi connectivity index (χ4n) is 5.03. The van der Waals surface area contributed by atoms with Crippen LogP contribution in [0.4, 0.5) is 0 Å². The van der Waals surface area contributed by atoms with Gasteiger partial charge in [-0.2, -0.15) is 5.10 Å². The van der Waals surface area contributed by atoms with Gasteiger partial charge in [-0.05, 0) is 24.3 Å². The van der Waals surface area contributed by atoms with Crippen LogP contribution in [-0.2, 0) is 37.8 Å². The SMILES string of the molecule is CC(=O)NCc1cc2nccc(-c3cc(Cl)cc4c3OC(c3c5c(nn3C)CCNC5)C4)c2s1. The number of nitrogens with zero attached hydrogens (tertiary/aromatic N) is 3. The lowest BCUT2D eigenvalue weighted by molar-refractivity contribution is -0.119. The van der Waals surface area contributed by atoms with Crippen molar-refractivity contribution in [1.82, 2.24) is 25.4 Å². The molecule has 2 aliphatic rings. The summed E-state index contributed by atoms with van der Waals surface area (Å²) in [5, 5.41) is 11.8. The zero-order valence-corrected chi connectivity index (χ0v) is 20.5. The first-order chi connectivity index (χ1) is 16.5. The molecule has 34 heavy (non-hydrogen) atoms. The average Bonchev–Trinajstić information content (AvgIpc) is 3.50. The first kappa shape index (κ1) is 21.6. The Morgan fingerprint density at radius 2 is 2.24 bits per heavy atom. The number of thiophene rings is 1. The van der Waals surface area contributed by atoms with Gasteiger partial charge >= 0.3 is 0 Å². The van der Waals surface area contributed by atoms with Crippen molar-refractivity contribution in [3.05, 3.63) is 62.9 Å². The Labute approximate surface area is 206 Å². The van der Waals surface area contributed by atoms with E-state index in [1.54, 1.807) is 11.3 Å². The summed E-state index contributed by atoms with van der Waals surface area (Å²) >= 11 is 8.23. The van der Waals surface area contributed by atoms with Gasteiger partial charge < -0.3 is 15.4 Å². The van der Waals surface area contributed by atoms with Gasteiger partial charge in [0.1, 0.15) is 11.9 Å². The molecule has 1 amide bonds. The molecule has 4 aromatic rings. The molecule has 1 aromatic carbocycles. The number of hydrogen-bond acceptors (Lipinski definition) is 6. The molecule has 0 fully saturated rings. The second-order valence-electron chi connectivity index (χ2n) is 8.81. The van der Waals surface area contributed by atoms with Crippen LogP contribution in [-0.4, -0.2) is 27.2 Å². The smallest absolute Gasteiger partial charge is 0.217 e. The van der Waals surface area contributed by atoms with E-state index in [4.69, 9.17) is 21.4 Å². The zero-order valence-electron chi connectivity index (χ0n) is 18.9. The first-order valence-corrected chi connectivity index (χ1v) is 12.5. The highest BCUT2D eigenvalue weighted by Crippen LogP contribution is 2.48. The number of amides is 1. The Morgan fingerprint density at radius 1 is 1.35 bits per heavy atom. The van der Waals surface area contributed by atoms with Gasteiger partial charge in [0.2, 0.25) is 5.91 Å². The van der Waals surface area contributed by atoms with Crippen molar-refractivity contribution in [1.29, 1.82) is 0 Å². The van der Waals surface area contributed by atoms with Crippen molar-refractivity contribution in [2.24, 2.45) is 7.05 Å². The largest absolute Gasteiger partial charge is 0.483 e. The monoisotopic (exact) mass is 493 g/mol. The molecule has 0 saturated carbocycles. The van der Waals surface area contributed by atoms with Crippen molar-refractivity contribution in [3.63, 3.8) is 0 Å². The van der Waals surface area contributed by atoms with Gasteiger partial charge in [0.15, 0.2) is 0 Å². The zero-order chi connectivity index (χ0) is 23.4. The lowest BCUT2D eigenvalue weighted by atomic mass is 9.98. The van der Waals surface area contributed by atoms with E-state index in [9.17, 15) is 4.79 Å². The average molecular weight is 494 g/mol. The normalized spacial score (nSPS) is 16.9. The van der Waals surface area contributed by atoms with Crippen molar-refractivity contribution in [2.45, 2.75) is 39.0 Å². The van der Waals surface area contributed by atoms with Crippen LogP contribution in [0, 0.1) is 0 Å². The number of nitrogens with one attached hydrogen (secondary N) is 2. The maximum atomic E-state index is 11.4. The van der Waals surface area contributed by atoms with Gasteiger partial charge in [-0.1, -0.05) is 11.6 Å². The number of hydrogen-bond donors (Lipinski definition) is 2. The highest BCUT2D eigenvalue weighted by atomic mass is 35.5. The molecule has 2 N–H and O–H groups in total. The molecule has 0 bridgehead atoms. The quantitative estimate of drug-likeness (QED) is 0.443. The van der Waals surface area contributed by atoms with E-state index in [0.29, 0.717) is 11.6 Å². The van der Waals surface area contributed by atoms with Crippen LogP contribution in [0.5, 0.6) is 5.75 Å². The number of halogens is 1. The number of aryl methyl sites for hydroxylation is 1. The topological polar surface area (TPSA) is 81.1 Å². The predicted octanol–water partition coefficient (Wildman–Crippen LogP) is 4.31. The molecule has 5 heterocycles. The minimum absolute atomic E-state index is 0.0507. The van der Waals surface area contributed by atoms with Gasteiger partial charge in [-0.15, -0.1) is 11.3 Å². The number of benzene rings is 1. The maximum absolute atomic E-state index is 11.4. The molecule has 0 aliphatic carbocycles. The van der Waals surface area contributed by atoms with Crippen LogP contribution < -0.4 is 15.4 Å². The fraction of sp³-hybridized carbons (Fsp3) is 0.320. The minimum Gasteiger partial charge on any atom is -0.483 e. The molecule has 2 aliphatic heterocycles. The molecule has 6 rings (SSSR count). The minimum atomic E-state index is -0.107. The molecule has 0 spiro atoms. The Morgan fingerprint density at radius 3 is 3.09 bits per heavy atom. The van der Waals surface area contributed by atoms with E-state index < -0.39 is 0 Å². The number of carbonyl (C=O) groups is 1. The van der Waals surface area contributed by atoms with Crippen molar-refractivity contribution >= 4 is 39.1 Å². The Hall–Kier alpha value is -2.94. The van der Waals surface area contributed by atoms with Crippen LogP contribution in [0.1, 0.15) is 40.4 Å². The molecular formula is C25H24ClN5O2S. The molecule has 0 radical (unpaired) electrons. The summed E-state index contributed by atoms with van der Waals surface area (Å²) < 4.78 is 9.69. The molecule has 3 aromatic heterocycles. The van der Waals surface area contributed by atoms with Gasteiger partial charge in [0.05, 0.1) is 28.1 Å². The number of fused-ring (bicyclic) bond motifs is 3. The van der Waals surface area contributed by atoms with Crippen LogP contribution in [0.25, 0.3) is 21.3 Å². The predicted molar refractivity (Wildman–Crippen MR) is 133 cm³/mol. The lowest BCUT2D eigenvalue weighted by Gasteiger charge is -2.17. The fourth-order valence-corrected chi connectivity index (χ4v) is 6.35. The number of carbonyl (C=O) groups excluding carboxylic acids is 1. The molecule has 7 nitrogen and oxygen atoms in total. The highest BCUT2D eigenvalue weighted by molar-refractivity contribution is 7.19. The van der Waals surface area contributed by atoms with E-state index in [1.165, 1.54) is 12.5 Å². The molecule has 1 atom stereocenters. The van der Waals surface area contributed by atoms with Crippen LogP contribution in [0.3, 0.4) is 0 Å². The molecule has 1 unspecified atom stereocenters. The van der Waals surface area contributed by atoms with Gasteiger partial charge in [0, 0.05) is 78.3 Å². The third kappa shape index (κ3) is 3.66. The van der Waals surface area contributed by atoms with Gasteiger partial charge in [-0.25, -0.2) is 0 Å². The van der Waals surface area contributed by atoms with Gasteiger partial charge in [-0.3, -0.25) is 14.5 Å². The summed E-state index contributed by atoms with van der Waals surface area (Å²) in [6.07, 6.45) is 3.40. The highest BCUT2D eigenvalue weighted by Gasteiger charge is 2.34. The van der Waals surface area contributed by atoms with E-state index >= 15 is 0 Å². The van der Waals surface area contributed by atoms with E-state index in [2.05, 4.69) is 15.6 Å². The Kier molecular flexibility index (Phi) is 5.32. The molecule has 9 heteroatoms. The summed E-state index contributed by atoms with van der Waals surface area (Å²) in [6.45, 7) is 3.79. The molecule has 174 valence electrons. The van der Waals surface area contributed by atoms with E-state index in [-0.39, 0.29) is 12.0 Å². The Balaban J connectivity index is 1.41. The standard InChI is InChI=1S/C25H24ClN5O2S/c1-13(32)29-11-16-10-21-25(34-16)17(3-6-28-21)18-9-15(26)7-14-8-22(33-24(14)18)23-19-12-27-5-4-20(19)30-31(23)2/h3,6-7,9-10,22,27H,4-5,8,11-12H2,1-2H3,(H,29,32). The summed E-state index contributed by atoms with van der Waals surface area (Å²) in [4.78, 5) is 17.0. The van der Waals surface area contributed by atoms with Crippen molar-refractivity contribution in [2.75, 3.05) is 6.54 Å². The molecule has 0 saturated heterocycles. The van der Waals surface area contributed by atoms with Crippen molar-refractivity contribution < 1.29 is 9.53 Å². The summed E-state index contributed by atoms with van der Waals surface area (Å²) in [6, 6.07) is 8.03. The van der Waals surface area contributed by atoms with Gasteiger partial charge in [0.25, 0.3) is 0 Å². The number of rotatable bonds is 4. The number of ether oxygens (including phenoxy) is 1. The van der Waals surface area contributed by atoms with E-state index in [1.807, 2.05) is 42.2 Å². The Bertz CT molecular complexity index is 1440. The maximum Gasteiger partial charge on any atom is 0.217 e. The summed E-state index contributed by atoms with van der Waals surface area (Å²) in [5.74, 6) is 0.822. The number of pyridine rings is 1. The second kappa shape index (κ2) is 8.37. The summed E-state index contributed by atoms with van der Waals surface area (Å²) in [5.41, 5.74) is 7.57. The third-order valence-electron chi connectivity index (χ3n) is 6.48. The van der Waals surface area contributed by atoms with E-state index in [0.717, 1.165) is 74.9 Å². The summed E-state index contributed by atoms with van der Waals surface area (Å²) in [7, 11) is 2.00. The number of aromatic nitrogens is 3. The second-order valence-corrected chi connectivity index (χ2v) is 10.4. The molecular weight excluding hydrogens is 470 g/mol. The van der Waals surface area contributed by atoms with Crippen LogP contribution in [0.15, 0.2) is 30.5 Å². The van der Waals surface area contributed by atoms with Crippen LogP contribution in [0.2, 0.25) is 5.02 Å². The van der Waals surface area contributed by atoms with Crippen LogP contribution >= 0.6 is 22.9 Å². The third-order valence-corrected chi connectivity index (χ3v) is 7.86. The first-order valence-electron chi connectivity index (χ1n) is 11.3. The van der Waals surface area contributed by atoms with Crippen molar-refractivity contribution in [3.8, 4) is 16.9 Å².